The Kier molecular flexibility index (Phi) is 6.04. The first kappa shape index (κ1) is 15.4. The fourth-order valence-electron chi connectivity index (χ4n) is 1.85. The van der Waals surface area contributed by atoms with Gasteiger partial charge < -0.3 is 9.84 Å². The molecule has 18 heavy (non-hydrogen) atoms. The van der Waals surface area contributed by atoms with Crippen molar-refractivity contribution in [3.05, 3.63) is 0 Å². The summed E-state index contributed by atoms with van der Waals surface area (Å²) < 4.78 is 31.4. The predicted molar refractivity (Wildman–Crippen MR) is 66.8 cm³/mol. The van der Waals surface area contributed by atoms with Gasteiger partial charge in [0.05, 0.1) is 11.2 Å². The zero-order chi connectivity index (χ0) is 13.6. The third-order valence-corrected chi connectivity index (χ3v) is 5.10. The molecule has 1 unspecified atom stereocenters. The Hall–Kier alpha value is -0.660. The summed E-state index contributed by atoms with van der Waals surface area (Å²) >= 11 is 0. The van der Waals surface area contributed by atoms with Crippen molar-refractivity contribution in [2.75, 3.05) is 19.8 Å². The van der Waals surface area contributed by atoms with E-state index in [1.807, 2.05) is 0 Å². The van der Waals surface area contributed by atoms with Gasteiger partial charge in [-0.3, -0.25) is 4.79 Å². The maximum absolute atomic E-state index is 11.9. The van der Waals surface area contributed by atoms with E-state index >= 15 is 0 Å². The van der Waals surface area contributed by atoms with Crippen LogP contribution in [0.15, 0.2) is 0 Å². The summed E-state index contributed by atoms with van der Waals surface area (Å²) in [5.41, 5.74) is 0. The van der Waals surface area contributed by atoms with Crippen LogP contribution in [-0.2, 0) is 19.6 Å². The molecule has 1 atom stereocenters. The van der Waals surface area contributed by atoms with E-state index in [0.717, 1.165) is 0 Å². The van der Waals surface area contributed by atoms with E-state index in [0.29, 0.717) is 45.4 Å². The van der Waals surface area contributed by atoms with E-state index in [9.17, 15) is 13.2 Å². The van der Waals surface area contributed by atoms with Crippen molar-refractivity contribution in [2.24, 2.45) is 5.92 Å². The molecule has 1 saturated heterocycles. The summed E-state index contributed by atoms with van der Waals surface area (Å²) in [7, 11) is -3.28. The smallest absolute Gasteiger partial charge is 0.306 e. The normalized spacial score (nSPS) is 19.6. The van der Waals surface area contributed by atoms with Crippen molar-refractivity contribution >= 4 is 16.0 Å². The lowest BCUT2D eigenvalue weighted by Crippen LogP contribution is -2.38. The monoisotopic (exact) mass is 279 g/mol. The molecule has 0 aromatic carbocycles. The van der Waals surface area contributed by atoms with Gasteiger partial charge in [-0.25, -0.2) is 13.1 Å². The Labute approximate surface area is 108 Å². The molecule has 0 aliphatic carbocycles. The molecule has 0 radical (unpaired) electrons. The van der Waals surface area contributed by atoms with Crippen LogP contribution in [0.3, 0.4) is 0 Å². The maximum atomic E-state index is 11.9. The lowest BCUT2D eigenvalue weighted by Gasteiger charge is -2.22. The zero-order valence-corrected chi connectivity index (χ0v) is 11.4. The van der Waals surface area contributed by atoms with Crippen LogP contribution in [0.2, 0.25) is 0 Å². The first-order chi connectivity index (χ1) is 8.43. The minimum absolute atomic E-state index is 0.303. The number of hydrogen-bond donors (Lipinski definition) is 2. The molecular weight excluding hydrogens is 258 g/mol. The number of ether oxygens (including phenoxy) is 1. The predicted octanol–water partition coefficient (Wildman–Crippen LogP) is 0.586. The second-order valence-electron chi connectivity index (χ2n) is 4.63. The maximum Gasteiger partial charge on any atom is 0.306 e. The fourth-order valence-corrected chi connectivity index (χ4v) is 3.33. The highest BCUT2D eigenvalue weighted by molar-refractivity contribution is 7.90. The van der Waals surface area contributed by atoms with Crippen molar-refractivity contribution in [1.82, 2.24) is 4.72 Å². The van der Waals surface area contributed by atoms with Gasteiger partial charge in [0.15, 0.2) is 0 Å². The summed E-state index contributed by atoms with van der Waals surface area (Å²) in [6.07, 6.45) is 2.07. The quantitative estimate of drug-likeness (QED) is 0.665. The SMILES string of the molecule is CC(CCCNS(=O)(=O)C1CCOCC1)C(=O)O. The molecule has 1 heterocycles. The molecule has 2 N–H and O–H groups in total. The summed E-state index contributed by atoms with van der Waals surface area (Å²) in [5, 5.41) is 8.32. The number of aliphatic carboxylic acids is 1. The Morgan fingerprint density at radius 1 is 1.44 bits per heavy atom. The van der Waals surface area contributed by atoms with Crippen molar-refractivity contribution in [2.45, 2.75) is 37.9 Å². The van der Waals surface area contributed by atoms with E-state index in [-0.39, 0.29) is 5.25 Å². The van der Waals surface area contributed by atoms with E-state index in [1.54, 1.807) is 6.92 Å². The average molecular weight is 279 g/mol. The minimum Gasteiger partial charge on any atom is -0.481 e. The molecule has 0 spiro atoms. The number of hydrogen-bond acceptors (Lipinski definition) is 4. The van der Waals surface area contributed by atoms with Crippen LogP contribution < -0.4 is 4.72 Å². The molecule has 1 aliphatic heterocycles. The number of rotatable bonds is 7. The highest BCUT2D eigenvalue weighted by Crippen LogP contribution is 2.14. The molecule has 6 nitrogen and oxygen atoms in total. The number of carboxylic acids is 1. The van der Waals surface area contributed by atoms with Gasteiger partial charge in [0, 0.05) is 19.8 Å². The summed E-state index contributed by atoms with van der Waals surface area (Å²) in [6, 6.07) is 0. The third kappa shape index (κ3) is 4.91. The lowest BCUT2D eigenvalue weighted by atomic mass is 10.1. The Morgan fingerprint density at radius 3 is 2.61 bits per heavy atom. The number of nitrogens with one attached hydrogen (secondary N) is 1. The summed E-state index contributed by atoms with van der Waals surface area (Å²) in [5.74, 6) is -1.28. The molecule has 1 rings (SSSR count). The van der Waals surface area contributed by atoms with Crippen molar-refractivity contribution in [1.29, 1.82) is 0 Å². The molecule has 0 bridgehead atoms. The topological polar surface area (TPSA) is 92.7 Å². The Bertz CT molecular complexity index is 362. The van der Waals surface area contributed by atoms with Gasteiger partial charge >= 0.3 is 5.97 Å². The van der Waals surface area contributed by atoms with Crippen LogP contribution in [0.25, 0.3) is 0 Å². The van der Waals surface area contributed by atoms with Gasteiger partial charge in [-0.15, -0.1) is 0 Å². The number of carbonyl (C=O) groups is 1. The number of sulfonamides is 1. The van der Waals surface area contributed by atoms with Crippen LogP contribution in [0.1, 0.15) is 32.6 Å². The van der Waals surface area contributed by atoms with Crippen molar-refractivity contribution in [3.63, 3.8) is 0 Å². The largest absolute Gasteiger partial charge is 0.481 e. The molecule has 0 aromatic rings. The fraction of sp³-hybridized carbons (Fsp3) is 0.909. The van der Waals surface area contributed by atoms with Crippen LogP contribution in [0.4, 0.5) is 0 Å². The van der Waals surface area contributed by atoms with Crippen LogP contribution in [0, 0.1) is 5.92 Å². The van der Waals surface area contributed by atoms with Gasteiger partial charge in [-0.2, -0.15) is 0 Å². The first-order valence-corrected chi connectivity index (χ1v) is 7.77. The van der Waals surface area contributed by atoms with Gasteiger partial charge in [0.25, 0.3) is 0 Å². The van der Waals surface area contributed by atoms with Crippen molar-refractivity contribution in [3.8, 4) is 0 Å². The average Bonchev–Trinajstić information content (AvgIpc) is 2.35. The third-order valence-electron chi connectivity index (χ3n) is 3.15. The van der Waals surface area contributed by atoms with E-state index < -0.39 is 21.9 Å². The zero-order valence-electron chi connectivity index (χ0n) is 10.6. The molecule has 106 valence electrons. The molecule has 0 saturated carbocycles. The van der Waals surface area contributed by atoms with Crippen LogP contribution in [-0.4, -0.2) is 44.5 Å². The first-order valence-electron chi connectivity index (χ1n) is 6.22. The molecule has 0 aromatic heterocycles. The van der Waals surface area contributed by atoms with Crippen molar-refractivity contribution < 1.29 is 23.1 Å². The van der Waals surface area contributed by atoms with Gasteiger partial charge in [0.1, 0.15) is 0 Å². The Morgan fingerprint density at radius 2 is 2.06 bits per heavy atom. The van der Waals surface area contributed by atoms with Gasteiger partial charge in [0.2, 0.25) is 10.0 Å². The minimum atomic E-state index is -3.28. The molecule has 1 fully saturated rings. The highest BCUT2D eigenvalue weighted by atomic mass is 32.2. The van der Waals surface area contributed by atoms with E-state index in [4.69, 9.17) is 9.84 Å². The summed E-state index contributed by atoms with van der Waals surface area (Å²) in [6.45, 7) is 2.90. The summed E-state index contributed by atoms with van der Waals surface area (Å²) in [4.78, 5) is 10.6. The van der Waals surface area contributed by atoms with E-state index in [2.05, 4.69) is 4.72 Å². The van der Waals surface area contributed by atoms with E-state index in [1.165, 1.54) is 0 Å². The van der Waals surface area contributed by atoms with Gasteiger partial charge in [-0.1, -0.05) is 6.92 Å². The second kappa shape index (κ2) is 7.06. The molecule has 7 heteroatoms. The van der Waals surface area contributed by atoms with Gasteiger partial charge in [-0.05, 0) is 25.7 Å². The lowest BCUT2D eigenvalue weighted by molar-refractivity contribution is -0.141. The molecule has 0 amide bonds. The molecule has 1 aliphatic rings. The molecular formula is C11H21NO5S. The standard InChI is InChI=1S/C11H21NO5S/c1-9(11(13)14)3-2-6-12-18(15,16)10-4-7-17-8-5-10/h9-10,12H,2-8H2,1H3,(H,13,14). The Balaban J connectivity index is 2.27. The second-order valence-corrected chi connectivity index (χ2v) is 6.68. The highest BCUT2D eigenvalue weighted by Gasteiger charge is 2.27. The van der Waals surface area contributed by atoms with Crippen LogP contribution >= 0.6 is 0 Å². The van der Waals surface area contributed by atoms with Crippen LogP contribution in [0.5, 0.6) is 0 Å². The number of carboxylic acid groups (broad SMARTS) is 1.